The van der Waals surface area contributed by atoms with Crippen LogP contribution in [0.5, 0.6) is 11.5 Å². The zero-order valence-corrected chi connectivity index (χ0v) is 17.9. The number of hydrogen-bond donors (Lipinski definition) is 1. The second-order valence-electron chi connectivity index (χ2n) is 8.02. The molecule has 30 heavy (non-hydrogen) atoms. The third-order valence-electron chi connectivity index (χ3n) is 6.01. The fourth-order valence-corrected chi connectivity index (χ4v) is 4.36. The Labute approximate surface area is 177 Å². The lowest BCUT2D eigenvalue weighted by atomic mass is 9.84. The summed E-state index contributed by atoms with van der Waals surface area (Å²) >= 11 is 0. The molecule has 154 valence electrons. The minimum absolute atomic E-state index is 0.00966. The molecule has 0 radical (unpaired) electrons. The summed E-state index contributed by atoms with van der Waals surface area (Å²) in [5.41, 5.74) is 5.07. The van der Waals surface area contributed by atoms with Gasteiger partial charge in [-0.3, -0.25) is 4.79 Å². The zero-order valence-electron chi connectivity index (χ0n) is 17.9. The molecule has 1 N–H and O–H groups in total. The minimum Gasteiger partial charge on any atom is -0.497 e. The van der Waals surface area contributed by atoms with Crippen molar-refractivity contribution in [2.45, 2.75) is 25.7 Å². The smallest absolute Gasteiger partial charge is 0.228 e. The summed E-state index contributed by atoms with van der Waals surface area (Å²) in [7, 11) is 3.20. The molecule has 1 amide bonds. The summed E-state index contributed by atoms with van der Waals surface area (Å²) in [5, 5.41) is 3.08. The van der Waals surface area contributed by atoms with E-state index in [-0.39, 0.29) is 17.2 Å². The van der Waals surface area contributed by atoms with Crippen molar-refractivity contribution >= 4 is 11.6 Å². The number of benzene rings is 3. The third kappa shape index (κ3) is 3.54. The van der Waals surface area contributed by atoms with Crippen LogP contribution >= 0.6 is 0 Å². The van der Waals surface area contributed by atoms with E-state index in [9.17, 15) is 4.79 Å². The number of rotatable bonds is 6. The summed E-state index contributed by atoms with van der Waals surface area (Å²) in [6.07, 6.45) is 0.776. The molecule has 0 aliphatic heterocycles. The summed E-state index contributed by atoms with van der Waals surface area (Å²) < 4.78 is 10.7. The van der Waals surface area contributed by atoms with Crippen molar-refractivity contribution in [3.05, 3.63) is 89.0 Å². The number of carbonyl (C=O) groups is 1. The number of aryl methyl sites for hydroxylation is 2. The monoisotopic (exact) mass is 401 g/mol. The standard InChI is InChI=1S/C26H27NO3/c1-17-7-5-9-19(13-17)26(20-10-6-8-18(2)14-20)16-22(26)25(28)27-23-15-21(29-3)11-12-24(23)30-4/h5-15,22H,16H2,1-4H3,(H,27,28). The van der Waals surface area contributed by atoms with Crippen molar-refractivity contribution in [3.63, 3.8) is 0 Å². The number of methoxy groups -OCH3 is 2. The fourth-order valence-electron chi connectivity index (χ4n) is 4.36. The number of amides is 1. The van der Waals surface area contributed by atoms with Crippen LogP contribution in [0.2, 0.25) is 0 Å². The Kier molecular flexibility index (Phi) is 5.25. The molecule has 4 rings (SSSR count). The van der Waals surface area contributed by atoms with Crippen LogP contribution in [0.3, 0.4) is 0 Å². The summed E-state index contributed by atoms with van der Waals surface area (Å²) in [5.74, 6) is 1.12. The lowest BCUT2D eigenvalue weighted by molar-refractivity contribution is -0.117. The molecule has 1 saturated carbocycles. The molecule has 1 aliphatic rings. The number of ether oxygens (including phenoxy) is 2. The zero-order chi connectivity index (χ0) is 21.3. The summed E-state index contributed by atoms with van der Waals surface area (Å²) in [6.45, 7) is 4.18. The van der Waals surface area contributed by atoms with Gasteiger partial charge in [0.25, 0.3) is 0 Å². The molecule has 4 nitrogen and oxygen atoms in total. The normalized spacial score (nSPS) is 16.6. The van der Waals surface area contributed by atoms with Crippen LogP contribution in [-0.4, -0.2) is 20.1 Å². The molecule has 0 saturated heterocycles. The second kappa shape index (κ2) is 7.86. The van der Waals surface area contributed by atoms with Crippen molar-refractivity contribution < 1.29 is 14.3 Å². The molecule has 1 atom stereocenters. The van der Waals surface area contributed by atoms with Gasteiger partial charge in [0.15, 0.2) is 0 Å². The fraction of sp³-hybridized carbons (Fsp3) is 0.269. The first-order chi connectivity index (χ1) is 14.5. The number of anilines is 1. The highest BCUT2D eigenvalue weighted by atomic mass is 16.5. The number of nitrogens with one attached hydrogen (secondary N) is 1. The molecule has 1 unspecified atom stereocenters. The summed E-state index contributed by atoms with van der Waals surface area (Å²) in [4.78, 5) is 13.4. The van der Waals surface area contributed by atoms with Gasteiger partial charge in [-0.15, -0.1) is 0 Å². The Balaban J connectivity index is 1.70. The van der Waals surface area contributed by atoms with Crippen LogP contribution in [-0.2, 0) is 10.2 Å². The van der Waals surface area contributed by atoms with Crippen molar-refractivity contribution in [2.75, 3.05) is 19.5 Å². The lowest BCUT2D eigenvalue weighted by Gasteiger charge is -2.20. The lowest BCUT2D eigenvalue weighted by Crippen LogP contribution is -2.22. The van der Waals surface area contributed by atoms with Crippen LogP contribution < -0.4 is 14.8 Å². The molecule has 1 fully saturated rings. The van der Waals surface area contributed by atoms with E-state index in [0.29, 0.717) is 17.2 Å². The first-order valence-electron chi connectivity index (χ1n) is 10.1. The largest absolute Gasteiger partial charge is 0.497 e. The van der Waals surface area contributed by atoms with Gasteiger partial charge >= 0.3 is 0 Å². The Morgan fingerprint density at radius 3 is 2.07 bits per heavy atom. The molecule has 3 aromatic carbocycles. The highest BCUT2D eigenvalue weighted by Crippen LogP contribution is 2.59. The predicted molar refractivity (Wildman–Crippen MR) is 119 cm³/mol. The number of carbonyl (C=O) groups excluding carboxylic acids is 1. The molecule has 0 spiro atoms. The molecular weight excluding hydrogens is 374 g/mol. The van der Waals surface area contributed by atoms with E-state index >= 15 is 0 Å². The van der Waals surface area contributed by atoms with Gasteiger partial charge in [0, 0.05) is 11.5 Å². The van der Waals surface area contributed by atoms with Crippen LogP contribution in [0.25, 0.3) is 0 Å². The minimum atomic E-state index is -0.311. The van der Waals surface area contributed by atoms with Crippen molar-refractivity contribution in [2.24, 2.45) is 5.92 Å². The maximum absolute atomic E-state index is 13.4. The Morgan fingerprint density at radius 2 is 1.53 bits per heavy atom. The van der Waals surface area contributed by atoms with Crippen molar-refractivity contribution in [1.82, 2.24) is 0 Å². The van der Waals surface area contributed by atoms with Crippen LogP contribution in [0, 0.1) is 19.8 Å². The molecule has 1 aliphatic carbocycles. The van der Waals surface area contributed by atoms with E-state index in [4.69, 9.17) is 9.47 Å². The molecule has 4 heteroatoms. The molecule has 3 aromatic rings. The molecular formula is C26H27NO3. The van der Waals surface area contributed by atoms with Gasteiger partial charge in [0.05, 0.1) is 25.8 Å². The van der Waals surface area contributed by atoms with Crippen molar-refractivity contribution in [1.29, 1.82) is 0 Å². The van der Waals surface area contributed by atoms with E-state index < -0.39 is 0 Å². The van der Waals surface area contributed by atoms with E-state index in [1.165, 1.54) is 22.3 Å². The van der Waals surface area contributed by atoms with Crippen LogP contribution in [0.4, 0.5) is 5.69 Å². The maximum atomic E-state index is 13.4. The van der Waals surface area contributed by atoms with Gasteiger partial charge in [0.1, 0.15) is 11.5 Å². The molecule has 0 heterocycles. The van der Waals surface area contributed by atoms with E-state index in [1.807, 2.05) is 6.07 Å². The van der Waals surface area contributed by atoms with Gasteiger partial charge < -0.3 is 14.8 Å². The third-order valence-corrected chi connectivity index (χ3v) is 6.01. The van der Waals surface area contributed by atoms with Gasteiger partial charge in [-0.2, -0.15) is 0 Å². The second-order valence-corrected chi connectivity index (χ2v) is 8.02. The van der Waals surface area contributed by atoms with Gasteiger partial charge in [-0.05, 0) is 43.5 Å². The van der Waals surface area contributed by atoms with E-state index in [0.717, 1.165) is 6.42 Å². The van der Waals surface area contributed by atoms with Gasteiger partial charge in [-0.25, -0.2) is 0 Å². The Morgan fingerprint density at radius 1 is 0.900 bits per heavy atom. The van der Waals surface area contributed by atoms with Crippen LogP contribution in [0.1, 0.15) is 28.7 Å². The first kappa shape index (κ1) is 20.0. The highest BCUT2D eigenvalue weighted by molar-refractivity contribution is 5.98. The number of hydrogen-bond acceptors (Lipinski definition) is 3. The average Bonchev–Trinajstić information content (AvgIpc) is 3.51. The topological polar surface area (TPSA) is 47.6 Å². The Bertz CT molecular complexity index is 1040. The average molecular weight is 402 g/mol. The SMILES string of the molecule is COc1ccc(OC)c(NC(=O)C2CC2(c2cccc(C)c2)c2cccc(C)c2)c1. The maximum Gasteiger partial charge on any atom is 0.228 e. The summed E-state index contributed by atoms with van der Waals surface area (Å²) in [6, 6.07) is 22.4. The van der Waals surface area contributed by atoms with Gasteiger partial charge in [-0.1, -0.05) is 59.7 Å². The highest BCUT2D eigenvalue weighted by Gasteiger charge is 2.60. The first-order valence-corrected chi connectivity index (χ1v) is 10.1. The van der Waals surface area contributed by atoms with Crippen LogP contribution in [0.15, 0.2) is 66.7 Å². The quantitative estimate of drug-likeness (QED) is 0.612. The molecule has 0 aromatic heterocycles. The molecule has 0 bridgehead atoms. The van der Waals surface area contributed by atoms with Crippen molar-refractivity contribution in [3.8, 4) is 11.5 Å². The predicted octanol–water partition coefficient (Wildman–Crippen LogP) is 5.27. The Hall–Kier alpha value is -3.27. The van der Waals surface area contributed by atoms with E-state index in [2.05, 4.69) is 67.7 Å². The van der Waals surface area contributed by atoms with E-state index in [1.54, 1.807) is 26.4 Å². The van der Waals surface area contributed by atoms with Gasteiger partial charge in [0.2, 0.25) is 5.91 Å².